The Kier molecular flexibility index (Phi) is 4.36. The van der Waals surface area contributed by atoms with E-state index in [2.05, 4.69) is 22.4 Å². The van der Waals surface area contributed by atoms with Crippen LogP contribution in [0, 0.1) is 11.8 Å². The third-order valence-corrected chi connectivity index (χ3v) is 3.41. The minimum Gasteiger partial charge on any atom is -0.408 e. The molecule has 3 N–H and O–H groups in total. The van der Waals surface area contributed by atoms with Crippen molar-refractivity contribution in [2.24, 2.45) is 17.6 Å². The summed E-state index contributed by atoms with van der Waals surface area (Å²) in [5, 5.41) is 11.1. The molecular formula is C12H22N4O. The first-order valence-electron chi connectivity index (χ1n) is 6.54. The van der Waals surface area contributed by atoms with Gasteiger partial charge in [0.15, 0.2) is 0 Å². The largest absolute Gasteiger partial charge is 0.408 e. The lowest BCUT2D eigenvalue weighted by atomic mass is 9.82. The highest BCUT2D eigenvalue weighted by molar-refractivity contribution is 5.17. The summed E-state index contributed by atoms with van der Waals surface area (Å²) >= 11 is 0. The lowest BCUT2D eigenvalue weighted by Gasteiger charge is -2.26. The van der Waals surface area contributed by atoms with Gasteiger partial charge in [-0.2, -0.15) is 0 Å². The van der Waals surface area contributed by atoms with Crippen LogP contribution in [0.15, 0.2) is 4.42 Å². The van der Waals surface area contributed by atoms with Gasteiger partial charge in [0.2, 0.25) is 5.89 Å². The Balaban J connectivity index is 1.76. The minimum absolute atomic E-state index is 0.534. The van der Waals surface area contributed by atoms with Crippen molar-refractivity contribution in [3.8, 4) is 0 Å². The number of nitrogens with two attached hydrogens (primary N) is 1. The molecule has 2 unspecified atom stereocenters. The van der Waals surface area contributed by atoms with Crippen molar-refractivity contribution in [2.75, 3.05) is 18.4 Å². The SMILES string of the molecule is CC1CCCC(CNc2nnc(CCN)o2)C1. The van der Waals surface area contributed by atoms with Gasteiger partial charge in [0.05, 0.1) is 0 Å². The maximum absolute atomic E-state index is 5.43. The highest BCUT2D eigenvalue weighted by Gasteiger charge is 2.19. The molecule has 0 spiro atoms. The van der Waals surface area contributed by atoms with Crippen LogP contribution in [0.2, 0.25) is 0 Å². The summed E-state index contributed by atoms with van der Waals surface area (Å²) in [6, 6.07) is 0.534. The van der Waals surface area contributed by atoms with E-state index in [1.54, 1.807) is 0 Å². The zero-order valence-electron chi connectivity index (χ0n) is 10.5. The van der Waals surface area contributed by atoms with Crippen LogP contribution in [0.4, 0.5) is 6.01 Å². The van der Waals surface area contributed by atoms with Crippen LogP contribution in [-0.4, -0.2) is 23.3 Å². The number of hydrogen-bond donors (Lipinski definition) is 2. The van der Waals surface area contributed by atoms with Gasteiger partial charge in [-0.3, -0.25) is 0 Å². The van der Waals surface area contributed by atoms with Gasteiger partial charge >= 0.3 is 6.01 Å². The average Bonchev–Trinajstić information content (AvgIpc) is 2.75. The van der Waals surface area contributed by atoms with Crippen molar-refractivity contribution in [2.45, 2.75) is 39.0 Å². The fourth-order valence-corrected chi connectivity index (χ4v) is 2.53. The molecule has 1 aliphatic rings. The zero-order valence-corrected chi connectivity index (χ0v) is 10.5. The molecule has 17 heavy (non-hydrogen) atoms. The van der Waals surface area contributed by atoms with Crippen LogP contribution in [0.1, 0.15) is 38.5 Å². The molecule has 0 amide bonds. The van der Waals surface area contributed by atoms with Crippen molar-refractivity contribution < 1.29 is 4.42 Å². The summed E-state index contributed by atoms with van der Waals surface area (Å²) in [4.78, 5) is 0. The fourth-order valence-electron chi connectivity index (χ4n) is 2.53. The number of rotatable bonds is 5. The molecule has 1 aromatic rings. The summed E-state index contributed by atoms with van der Waals surface area (Å²) in [5.41, 5.74) is 5.43. The molecule has 0 saturated heterocycles. The average molecular weight is 238 g/mol. The van der Waals surface area contributed by atoms with Gasteiger partial charge in [-0.05, 0) is 24.7 Å². The Labute approximate surface area is 102 Å². The quantitative estimate of drug-likeness (QED) is 0.818. The number of nitrogens with zero attached hydrogens (tertiary/aromatic N) is 2. The van der Waals surface area contributed by atoms with Crippen LogP contribution in [-0.2, 0) is 6.42 Å². The monoisotopic (exact) mass is 238 g/mol. The third-order valence-electron chi connectivity index (χ3n) is 3.41. The molecule has 2 rings (SSSR count). The van der Waals surface area contributed by atoms with Crippen LogP contribution in [0.25, 0.3) is 0 Å². The van der Waals surface area contributed by atoms with E-state index >= 15 is 0 Å². The summed E-state index contributed by atoms with van der Waals surface area (Å²) in [6.45, 7) is 3.81. The van der Waals surface area contributed by atoms with Crippen molar-refractivity contribution >= 4 is 6.01 Å². The zero-order chi connectivity index (χ0) is 12.1. The number of anilines is 1. The molecule has 2 atom stereocenters. The Morgan fingerprint density at radius 1 is 1.41 bits per heavy atom. The second kappa shape index (κ2) is 6.00. The molecule has 0 aromatic carbocycles. The van der Waals surface area contributed by atoms with E-state index in [1.165, 1.54) is 25.7 Å². The third kappa shape index (κ3) is 3.70. The minimum atomic E-state index is 0.534. The van der Waals surface area contributed by atoms with Gasteiger partial charge in [-0.15, -0.1) is 5.10 Å². The van der Waals surface area contributed by atoms with Crippen molar-refractivity contribution in [3.63, 3.8) is 0 Å². The second-order valence-corrected chi connectivity index (χ2v) is 5.06. The predicted octanol–water partition coefficient (Wildman–Crippen LogP) is 1.81. The standard InChI is InChI=1S/C12H22N4O/c1-9-3-2-4-10(7-9)8-14-12-16-15-11(17-12)5-6-13/h9-10H,2-8,13H2,1H3,(H,14,16). The molecule has 1 saturated carbocycles. The molecular weight excluding hydrogens is 216 g/mol. The molecule has 0 radical (unpaired) electrons. The lowest BCUT2D eigenvalue weighted by molar-refractivity contribution is 0.292. The molecule has 1 aromatic heterocycles. The molecule has 0 bridgehead atoms. The summed E-state index contributed by atoms with van der Waals surface area (Å²) in [6.07, 6.45) is 5.97. The first-order chi connectivity index (χ1) is 8.28. The molecule has 5 heteroatoms. The predicted molar refractivity (Wildman–Crippen MR) is 66.7 cm³/mol. The summed E-state index contributed by atoms with van der Waals surface area (Å²) < 4.78 is 5.43. The maximum atomic E-state index is 5.43. The topological polar surface area (TPSA) is 77.0 Å². The van der Waals surface area contributed by atoms with E-state index < -0.39 is 0 Å². The van der Waals surface area contributed by atoms with Gasteiger partial charge in [-0.1, -0.05) is 24.9 Å². The Morgan fingerprint density at radius 3 is 3.06 bits per heavy atom. The second-order valence-electron chi connectivity index (χ2n) is 5.06. The maximum Gasteiger partial charge on any atom is 0.315 e. The molecule has 0 aliphatic heterocycles. The van der Waals surface area contributed by atoms with E-state index in [4.69, 9.17) is 10.2 Å². The number of aromatic nitrogens is 2. The Morgan fingerprint density at radius 2 is 2.29 bits per heavy atom. The highest BCUT2D eigenvalue weighted by atomic mass is 16.4. The number of hydrogen-bond acceptors (Lipinski definition) is 5. The van der Waals surface area contributed by atoms with E-state index in [-0.39, 0.29) is 0 Å². The Hall–Kier alpha value is -1.10. The van der Waals surface area contributed by atoms with Crippen molar-refractivity contribution in [1.29, 1.82) is 0 Å². The van der Waals surface area contributed by atoms with Gasteiger partial charge in [0, 0.05) is 19.5 Å². The van der Waals surface area contributed by atoms with Crippen molar-refractivity contribution in [1.82, 2.24) is 10.2 Å². The van der Waals surface area contributed by atoms with E-state index in [0.717, 1.165) is 18.4 Å². The van der Waals surface area contributed by atoms with Crippen LogP contribution in [0.5, 0.6) is 0 Å². The molecule has 1 fully saturated rings. The van der Waals surface area contributed by atoms with Gasteiger partial charge in [0.25, 0.3) is 0 Å². The van der Waals surface area contributed by atoms with Crippen LogP contribution < -0.4 is 11.1 Å². The first kappa shape index (κ1) is 12.4. The fraction of sp³-hybridized carbons (Fsp3) is 0.833. The van der Waals surface area contributed by atoms with Gasteiger partial charge in [0.1, 0.15) is 0 Å². The molecule has 1 aliphatic carbocycles. The summed E-state index contributed by atoms with van der Waals surface area (Å²) in [7, 11) is 0. The van der Waals surface area contributed by atoms with E-state index in [1.807, 2.05) is 0 Å². The highest BCUT2D eigenvalue weighted by Crippen LogP contribution is 2.28. The first-order valence-corrected chi connectivity index (χ1v) is 6.54. The normalized spacial score (nSPS) is 24.8. The number of nitrogens with one attached hydrogen (secondary N) is 1. The molecule has 5 nitrogen and oxygen atoms in total. The Bertz CT molecular complexity index is 339. The summed E-state index contributed by atoms with van der Waals surface area (Å²) in [5.74, 6) is 2.21. The van der Waals surface area contributed by atoms with Crippen LogP contribution in [0.3, 0.4) is 0 Å². The van der Waals surface area contributed by atoms with Crippen LogP contribution >= 0.6 is 0 Å². The lowest BCUT2D eigenvalue weighted by Crippen LogP contribution is -2.21. The van der Waals surface area contributed by atoms with Gasteiger partial charge < -0.3 is 15.5 Å². The molecule has 1 heterocycles. The smallest absolute Gasteiger partial charge is 0.315 e. The van der Waals surface area contributed by atoms with E-state index in [0.29, 0.717) is 24.9 Å². The van der Waals surface area contributed by atoms with Crippen molar-refractivity contribution in [3.05, 3.63) is 5.89 Å². The van der Waals surface area contributed by atoms with E-state index in [9.17, 15) is 0 Å². The molecule has 96 valence electrons. The van der Waals surface area contributed by atoms with Gasteiger partial charge in [-0.25, -0.2) is 0 Å².